The third-order valence-electron chi connectivity index (χ3n) is 4.86. The number of nitrogens with one attached hydrogen (secondary N) is 1. The lowest BCUT2D eigenvalue weighted by Gasteiger charge is -2.43. The van der Waals surface area contributed by atoms with Crippen molar-refractivity contribution in [3.63, 3.8) is 0 Å². The van der Waals surface area contributed by atoms with E-state index in [0.717, 1.165) is 17.0 Å². The quantitative estimate of drug-likeness (QED) is 0.667. The summed E-state index contributed by atoms with van der Waals surface area (Å²) in [5.41, 5.74) is 1.59. The molecule has 0 bridgehead atoms. The van der Waals surface area contributed by atoms with Crippen LogP contribution in [0.2, 0.25) is 0 Å². The summed E-state index contributed by atoms with van der Waals surface area (Å²) in [6.45, 7) is 1.10. The number of methoxy groups -OCH3 is 1. The number of hydrogen-bond donors (Lipinski definition) is 1. The van der Waals surface area contributed by atoms with Crippen molar-refractivity contribution in [1.82, 2.24) is 24.5 Å². The predicted molar refractivity (Wildman–Crippen MR) is 104 cm³/mol. The van der Waals surface area contributed by atoms with Gasteiger partial charge in [0.2, 0.25) is 0 Å². The molecule has 3 heterocycles. The zero-order chi connectivity index (χ0) is 19.7. The van der Waals surface area contributed by atoms with Gasteiger partial charge in [0.15, 0.2) is 10.8 Å². The molecule has 1 N–H and O–H groups in total. The first-order valence-electron chi connectivity index (χ1n) is 8.69. The number of aromatic nitrogens is 4. The van der Waals surface area contributed by atoms with E-state index in [9.17, 15) is 8.42 Å². The standard InChI is InChI=1S/C18H20N6O3S/c1-23(28(25,26)18-9-19-12-20-18)13-10-24(11-13)17-8-7-15(21-22-17)14-5-3-4-6-16(14)27-2/h3-9,12-13H,10-11H2,1-2H3,(H,19,20). The number of likely N-dealkylation sites (N-methyl/N-ethyl adjacent to an activating group) is 1. The molecule has 28 heavy (non-hydrogen) atoms. The Kier molecular flexibility index (Phi) is 4.73. The fraction of sp³-hybridized carbons (Fsp3) is 0.278. The largest absolute Gasteiger partial charge is 0.496 e. The Morgan fingerprint density at radius 1 is 1.18 bits per heavy atom. The summed E-state index contributed by atoms with van der Waals surface area (Å²) in [7, 11) is -0.375. The van der Waals surface area contributed by atoms with Gasteiger partial charge in [-0.2, -0.15) is 4.31 Å². The molecule has 1 aliphatic heterocycles. The number of imidazole rings is 1. The molecular formula is C18H20N6O3S. The second-order valence-corrected chi connectivity index (χ2v) is 8.44. The van der Waals surface area contributed by atoms with Crippen molar-refractivity contribution in [3.8, 4) is 17.0 Å². The highest BCUT2D eigenvalue weighted by Crippen LogP contribution is 2.29. The van der Waals surface area contributed by atoms with Gasteiger partial charge in [-0.3, -0.25) is 0 Å². The zero-order valence-corrected chi connectivity index (χ0v) is 16.3. The van der Waals surface area contributed by atoms with Crippen molar-refractivity contribution in [2.24, 2.45) is 0 Å². The molecule has 0 saturated carbocycles. The predicted octanol–water partition coefficient (Wildman–Crippen LogP) is 1.38. The first-order valence-corrected chi connectivity index (χ1v) is 10.1. The SMILES string of the molecule is COc1ccccc1-c1ccc(N2CC(N(C)S(=O)(=O)c3cnc[nH]3)C2)nn1. The van der Waals surface area contributed by atoms with Crippen LogP contribution in [-0.4, -0.2) is 66.2 Å². The molecule has 9 nitrogen and oxygen atoms in total. The van der Waals surface area contributed by atoms with Crippen LogP contribution in [0.4, 0.5) is 5.82 Å². The lowest BCUT2D eigenvalue weighted by molar-refractivity contribution is 0.308. The van der Waals surface area contributed by atoms with Gasteiger partial charge in [-0.15, -0.1) is 10.2 Å². The monoisotopic (exact) mass is 400 g/mol. The van der Waals surface area contributed by atoms with E-state index in [1.54, 1.807) is 14.2 Å². The molecule has 1 aromatic carbocycles. The van der Waals surface area contributed by atoms with Gasteiger partial charge in [0, 0.05) is 25.7 Å². The molecule has 1 fully saturated rings. The molecule has 146 valence electrons. The Bertz CT molecular complexity index is 1050. The summed E-state index contributed by atoms with van der Waals surface area (Å²) >= 11 is 0. The Morgan fingerprint density at radius 2 is 1.96 bits per heavy atom. The molecule has 3 aromatic rings. The molecular weight excluding hydrogens is 380 g/mol. The molecule has 0 amide bonds. The summed E-state index contributed by atoms with van der Waals surface area (Å²) < 4.78 is 31.8. The summed E-state index contributed by atoms with van der Waals surface area (Å²) in [6.07, 6.45) is 2.66. The normalized spacial score (nSPS) is 14.9. The number of nitrogens with zero attached hydrogens (tertiary/aromatic N) is 5. The van der Waals surface area contributed by atoms with E-state index in [0.29, 0.717) is 18.9 Å². The van der Waals surface area contributed by atoms with Crippen LogP contribution >= 0.6 is 0 Å². The van der Waals surface area contributed by atoms with E-state index in [2.05, 4.69) is 20.2 Å². The first kappa shape index (κ1) is 18.4. The minimum atomic E-state index is -3.57. The van der Waals surface area contributed by atoms with Crippen LogP contribution in [0.15, 0.2) is 53.9 Å². The van der Waals surface area contributed by atoms with E-state index in [-0.39, 0.29) is 11.1 Å². The number of anilines is 1. The van der Waals surface area contributed by atoms with Gasteiger partial charge in [0.05, 0.1) is 31.4 Å². The van der Waals surface area contributed by atoms with Gasteiger partial charge in [0.1, 0.15) is 5.75 Å². The molecule has 0 radical (unpaired) electrons. The topological polar surface area (TPSA) is 104 Å². The lowest BCUT2D eigenvalue weighted by atomic mass is 10.1. The minimum Gasteiger partial charge on any atom is -0.496 e. The van der Waals surface area contributed by atoms with Crippen LogP contribution in [0.5, 0.6) is 5.75 Å². The Morgan fingerprint density at radius 3 is 2.61 bits per heavy atom. The van der Waals surface area contributed by atoms with E-state index >= 15 is 0 Å². The molecule has 4 rings (SSSR count). The van der Waals surface area contributed by atoms with Gasteiger partial charge < -0.3 is 14.6 Å². The Labute approximate surface area is 163 Å². The van der Waals surface area contributed by atoms with Crippen LogP contribution in [0, 0.1) is 0 Å². The van der Waals surface area contributed by atoms with Crippen LogP contribution in [0.25, 0.3) is 11.3 Å². The minimum absolute atomic E-state index is 0.0920. The lowest BCUT2D eigenvalue weighted by Crippen LogP contribution is -2.60. The molecule has 10 heteroatoms. The van der Waals surface area contributed by atoms with Crippen LogP contribution in [0.3, 0.4) is 0 Å². The molecule has 0 spiro atoms. The third-order valence-corrected chi connectivity index (χ3v) is 6.70. The smallest absolute Gasteiger partial charge is 0.260 e. The molecule has 1 aliphatic rings. The number of rotatable bonds is 6. The average Bonchev–Trinajstić information content (AvgIpc) is 3.23. The van der Waals surface area contributed by atoms with Crippen LogP contribution < -0.4 is 9.64 Å². The highest BCUT2D eigenvalue weighted by Gasteiger charge is 2.37. The number of sulfonamides is 1. The Hall–Kier alpha value is -2.98. The van der Waals surface area contributed by atoms with Crippen molar-refractivity contribution in [2.45, 2.75) is 11.1 Å². The number of benzene rings is 1. The zero-order valence-electron chi connectivity index (χ0n) is 15.5. The highest BCUT2D eigenvalue weighted by atomic mass is 32.2. The molecule has 1 saturated heterocycles. The highest BCUT2D eigenvalue weighted by molar-refractivity contribution is 7.89. The summed E-state index contributed by atoms with van der Waals surface area (Å²) in [4.78, 5) is 8.42. The van der Waals surface area contributed by atoms with Crippen molar-refractivity contribution >= 4 is 15.8 Å². The van der Waals surface area contributed by atoms with Gasteiger partial charge in [-0.1, -0.05) is 12.1 Å². The van der Waals surface area contributed by atoms with Gasteiger partial charge in [-0.25, -0.2) is 13.4 Å². The van der Waals surface area contributed by atoms with E-state index in [1.165, 1.54) is 16.8 Å². The maximum Gasteiger partial charge on any atom is 0.260 e. The van der Waals surface area contributed by atoms with Crippen LogP contribution in [-0.2, 0) is 10.0 Å². The maximum absolute atomic E-state index is 12.5. The fourth-order valence-corrected chi connectivity index (χ4v) is 4.33. The molecule has 0 atom stereocenters. The second-order valence-electron chi connectivity index (χ2n) is 6.47. The van der Waals surface area contributed by atoms with Crippen molar-refractivity contribution < 1.29 is 13.2 Å². The number of para-hydroxylation sites is 1. The Balaban J connectivity index is 1.44. The summed E-state index contributed by atoms with van der Waals surface area (Å²) in [6, 6.07) is 11.3. The number of aromatic amines is 1. The fourth-order valence-electron chi connectivity index (χ4n) is 3.10. The average molecular weight is 400 g/mol. The van der Waals surface area contributed by atoms with Crippen LogP contribution in [0.1, 0.15) is 0 Å². The van der Waals surface area contributed by atoms with Crippen molar-refractivity contribution in [1.29, 1.82) is 0 Å². The van der Waals surface area contributed by atoms with E-state index in [1.807, 2.05) is 41.3 Å². The van der Waals surface area contributed by atoms with Crippen molar-refractivity contribution in [2.75, 3.05) is 32.1 Å². The second kappa shape index (κ2) is 7.21. The third kappa shape index (κ3) is 3.20. The van der Waals surface area contributed by atoms with Gasteiger partial charge in [-0.05, 0) is 24.3 Å². The van der Waals surface area contributed by atoms with Gasteiger partial charge in [0.25, 0.3) is 10.0 Å². The molecule has 0 unspecified atom stereocenters. The van der Waals surface area contributed by atoms with E-state index in [4.69, 9.17) is 4.74 Å². The maximum atomic E-state index is 12.5. The number of hydrogen-bond acceptors (Lipinski definition) is 7. The summed E-state index contributed by atoms with van der Waals surface area (Å²) in [5.74, 6) is 1.45. The van der Waals surface area contributed by atoms with Gasteiger partial charge >= 0.3 is 0 Å². The number of ether oxygens (including phenoxy) is 1. The first-order chi connectivity index (χ1) is 13.5. The van der Waals surface area contributed by atoms with E-state index < -0.39 is 10.0 Å². The molecule has 0 aliphatic carbocycles. The van der Waals surface area contributed by atoms with Crippen molar-refractivity contribution in [3.05, 3.63) is 48.9 Å². The number of H-pyrrole nitrogens is 1. The summed E-state index contributed by atoms with van der Waals surface area (Å²) in [5, 5.41) is 8.69. The molecule has 2 aromatic heterocycles.